The average molecular weight is 251 g/mol. The van der Waals surface area contributed by atoms with Crippen molar-refractivity contribution in [2.24, 2.45) is 17.8 Å². The molecule has 3 nitrogen and oxygen atoms in total. The van der Waals surface area contributed by atoms with Crippen molar-refractivity contribution in [1.29, 1.82) is 0 Å². The zero-order valence-corrected chi connectivity index (χ0v) is 11.8. The minimum atomic E-state index is 0.891. The number of nitrogens with zero attached hydrogens (tertiary/aromatic N) is 1. The van der Waals surface area contributed by atoms with Gasteiger partial charge in [-0.2, -0.15) is 0 Å². The fraction of sp³-hybridized carbons (Fsp3) is 1.00. The van der Waals surface area contributed by atoms with E-state index in [4.69, 9.17) is 0 Å². The molecule has 0 atom stereocenters. The van der Waals surface area contributed by atoms with Crippen LogP contribution in [0, 0.1) is 17.8 Å². The first-order valence-electron chi connectivity index (χ1n) is 7.96. The lowest BCUT2D eigenvalue weighted by Gasteiger charge is -2.43. The molecule has 0 unspecified atom stereocenters. The van der Waals surface area contributed by atoms with Crippen LogP contribution in [-0.2, 0) is 0 Å². The molecule has 18 heavy (non-hydrogen) atoms. The second-order valence-corrected chi connectivity index (χ2v) is 6.92. The smallest absolute Gasteiger partial charge is 0.00957 e. The van der Waals surface area contributed by atoms with E-state index in [2.05, 4.69) is 22.5 Å². The fourth-order valence-electron chi connectivity index (χ4n) is 3.60. The van der Waals surface area contributed by atoms with E-state index < -0.39 is 0 Å². The van der Waals surface area contributed by atoms with Gasteiger partial charge in [0.2, 0.25) is 0 Å². The standard InChI is InChI=1S/C15H29N3/c1-12-2-4-15(5-3-12)18(10-13-6-16-7-13)11-14-8-17-9-14/h12-17H,2-11H2,1H3/t12-,15-. The molecule has 0 aromatic carbocycles. The van der Waals surface area contributed by atoms with Crippen molar-refractivity contribution in [3.05, 3.63) is 0 Å². The Bertz CT molecular complexity index is 236. The molecule has 2 aliphatic heterocycles. The van der Waals surface area contributed by atoms with E-state index in [1.807, 2.05) is 0 Å². The summed E-state index contributed by atoms with van der Waals surface area (Å²) in [5.74, 6) is 2.83. The number of rotatable bonds is 5. The lowest BCUT2D eigenvalue weighted by molar-refractivity contribution is 0.0785. The summed E-state index contributed by atoms with van der Waals surface area (Å²) in [4.78, 5) is 2.85. The van der Waals surface area contributed by atoms with Gasteiger partial charge in [0.15, 0.2) is 0 Å². The molecule has 0 aromatic heterocycles. The largest absolute Gasteiger partial charge is 0.316 e. The van der Waals surface area contributed by atoms with E-state index in [0.717, 1.165) is 23.8 Å². The summed E-state index contributed by atoms with van der Waals surface area (Å²) in [6.45, 7) is 10.1. The van der Waals surface area contributed by atoms with Gasteiger partial charge in [-0.05, 0) is 43.4 Å². The summed E-state index contributed by atoms with van der Waals surface area (Å²) in [5, 5.41) is 6.84. The maximum absolute atomic E-state index is 3.42. The molecular formula is C15H29N3. The molecule has 104 valence electrons. The molecule has 3 rings (SSSR count). The molecule has 0 bridgehead atoms. The quantitative estimate of drug-likeness (QED) is 0.771. The number of hydrogen-bond donors (Lipinski definition) is 2. The maximum atomic E-state index is 3.42. The zero-order chi connectivity index (χ0) is 12.4. The van der Waals surface area contributed by atoms with Gasteiger partial charge >= 0.3 is 0 Å². The van der Waals surface area contributed by atoms with Crippen molar-refractivity contribution in [1.82, 2.24) is 15.5 Å². The molecular weight excluding hydrogens is 222 g/mol. The van der Waals surface area contributed by atoms with Gasteiger partial charge in [0, 0.05) is 45.3 Å². The molecule has 2 N–H and O–H groups in total. The number of hydrogen-bond acceptors (Lipinski definition) is 3. The van der Waals surface area contributed by atoms with Crippen molar-refractivity contribution in [3.8, 4) is 0 Å². The minimum absolute atomic E-state index is 0.891. The summed E-state index contributed by atoms with van der Waals surface area (Å²) in [6.07, 6.45) is 5.79. The van der Waals surface area contributed by atoms with Crippen LogP contribution >= 0.6 is 0 Å². The van der Waals surface area contributed by atoms with Crippen molar-refractivity contribution >= 4 is 0 Å². The van der Waals surface area contributed by atoms with E-state index in [1.165, 1.54) is 65.0 Å². The van der Waals surface area contributed by atoms with Crippen molar-refractivity contribution in [3.63, 3.8) is 0 Å². The Morgan fingerprint density at radius 1 is 0.833 bits per heavy atom. The zero-order valence-electron chi connectivity index (χ0n) is 11.8. The molecule has 1 saturated carbocycles. The highest BCUT2D eigenvalue weighted by molar-refractivity contribution is 4.87. The summed E-state index contributed by atoms with van der Waals surface area (Å²) in [5.41, 5.74) is 0. The SMILES string of the molecule is C[C@H]1CC[C@H](N(CC2CNC2)CC2CNC2)CC1. The molecule has 1 aliphatic carbocycles. The van der Waals surface area contributed by atoms with Gasteiger partial charge in [0.05, 0.1) is 0 Å². The van der Waals surface area contributed by atoms with Gasteiger partial charge in [0.1, 0.15) is 0 Å². The van der Waals surface area contributed by atoms with E-state index in [0.29, 0.717) is 0 Å². The van der Waals surface area contributed by atoms with Crippen LogP contribution in [-0.4, -0.2) is 50.2 Å². The Morgan fingerprint density at radius 2 is 1.33 bits per heavy atom. The van der Waals surface area contributed by atoms with Gasteiger partial charge in [0.25, 0.3) is 0 Å². The van der Waals surface area contributed by atoms with Crippen LogP contribution in [0.25, 0.3) is 0 Å². The predicted octanol–water partition coefficient (Wildman–Crippen LogP) is 1.31. The van der Waals surface area contributed by atoms with Gasteiger partial charge in [-0.15, -0.1) is 0 Å². The topological polar surface area (TPSA) is 27.3 Å². The second-order valence-electron chi connectivity index (χ2n) is 6.92. The Morgan fingerprint density at radius 3 is 1.72 bits per heavy atom. The van der Waals surface area contributed by atoms with Gasteiger partial charge in [-0.25, -0.2) is 0 Å². The minimum Gasteiger partial charge on any atom is -0.316 e. The fourth-order valence-corrected chi connectivity index (χ4v) is 3.60. The Kier molecular flexibility index (Phi) is 4.22. The Hall–Kier alpha value is -0.120. The normalized spacial score (nSPS) is 34.3. The molecule has 2 saturated heterocycles. The van der Waals surface area contributed by atoms with Crippen LogP contribution < -0.4 is 10.6 Å². The van der Waals surface area contributed by atoms with E-state index in [1.54, 1.807) is 0 Å². The van der Waals surface area contributed by atoms with Crippen LogP contribution in [0.4, 0.5) is 0 Å². The molecule has 0 spiro atoms. The molecule has 3 heteroatoms. The summed E-state index contributed by atoms with van der Waals surface area (Å²) < 4.78 is 0. The van der Waals surface area contributed by atoms with E-state index >= 15 is 0 Å². The second kappa shape index (κ2) is 5.89. The van der Waals surface area contributed by atoms with E-state index in [-0.39, 0.29) is 0 Å². The van der Waals surface area contributed by atoms with Gasteiger partial charge in [-0.1, -0.05) is 6.92 Å². The first kappa shape index (κ1) is 12.9. The third kappa shape index (κ3) is 3.06. The van der Waals surface area contributed by atoms with Gasteiger partial charge < -0.3 is 10.6 Å². The third-order valence-corrected chi connectivity index (χ3v) is 5.22. The van der Waals surface area contributed by atoms with Crippen LogP contribution in [0.1, 0.15) is 32.6 Å². The molecule has 3 aliphatic rings. The summed E-state index contributed by atoms with van der Waals surface area (Å²) in [6, 6.07) is 0.891. The van der Waals surface area contributed by atoms with E-state index in [9.17, 15) is 0 Å². The summed E-state index contributed by atoms with van der Waals surface area (Å²) >= 11 is 0. The van der Waals surface area contributed by atoms with Crippen LogP contribution in [0.3, 0.4) is 0 Å². The van der Waals surface area contributed by atoms with Crippen LogP contribution in [0.5, 0.6) is 0 Å². The average Bonchev–Trinajstić information content (AvgIpc) is 2.26. The Balaban J connectivity index is 1.52. The van der Waals surface area contributed by atoms with Crippen molar-refractivity contribution < 1.29 is 0 Å². The van der Waals surface area contributed by atoms with Crippen LogP contribution in [0.2, 0.25) is 0 Å². The van der Waals surface area contributed by atoms with Crippen LogP contribution in [0.15, 0.2) is 0 Å². The highest BCUT2D eigenvalue weighted by Gasteiger charge is 2.30. The van der Waals surface area contributed by atoms with Crippen molar-refractivity contribution in [2.45, 2.75) is 38.6 Å². The predicted molar refractivity (Wildman–Crippen MR) is 75.7 cm³/mol. The molecule has 0 aromatic rings. The van der Waals surface area contributed by atoms with Gasteiger partial charge in [-0.3, -0.25) is 4.90 Å². The monoisotopic (exact) mass is 251 g/mol. The number of nitrogens with one attached hydrogen (secondary N) is 2. The van der Waals surface area contributed by atoms with Crippen molar-refractivity contribution in [2.75, 3.05) is 39.3 Å². The molecule has 2 heterocycles. The lowest BCUT2D eigenvalue weighted by Crippen LogP contribution is -2.55. The highest BCUT2D eigenvalue weighted by Crippen LogP contribution is 2.28. The first-order valence-corrected chi connectivity index (χ1v) is 7.96. The molecule has 0 radical (unpaired) electrons. The highest BCUT2D eigenvalue weighted by atomic mass is 15.2. The molecule has 3 fully saturated rings. The molecule has 0 amide bonds. The lowest BCUT2D eigenvalue weighted by atomic mass is 9.85. The Labute approximate surface area is 112 Å². The third-order valence-electron chi connectivity index (χ3n) is 5.22. The maximum Gasteiger partial charge on any atom is 0.00957 e. The summed E-state index contributed by atoms with van der Waals surface area (Å²) in [7, 11) is 0. The first-order chi connectivity index (χ1) is 8.81.